The molecule has 0 bridgehead atoms. The van der Waals surface area contributed by atoms with E-state index in [1.165, 1.54) is 0 Å². The molecule has 0 aliphatic heterocycles. The van der Waals surface area contributed by atoms with Gasteiger partial charge >= 0.3 is 0 Å². The Bertz CT molecular complexity index is 1200. The quantitative estimate of drug-likeness (QED) is 0.553. The van der Waals surface area contributed by atoms with Crippen molar-refractivity contribution in [1.82, 2.24) is 19.8 Å². The molecule has 28 heavy (non-hydrogen) atoms. The molecule has 0 saturated carbocycles. The van der Waals surface area contributed by atoms with Crippen LogP contribution in [-0.4, -0.2) is 25.7 Å². The zero-order valence-electron chi connectivity index (χ0n) is 15.7. The zero-order chi connectivity index (χ0) is 19.8. The second-order valence-corrected chi connectivity index (χ2v) is 7.04. The molecule has 2 aromatic heterocycles. The van der Waals surface area contributed by atoms with Crippen molar-refractivity contribution in [3.05, 3.63) is 76.2 Å². The molecule has 0 aliphatic carbocycles. The summed E-state index contributed by atoms with van der Waals surface area (Å²) in [6.45, 7) is 5.66. The molecule has 0 unspecified atom stereocenters. The standard InChI is InChI=1S/C21H18ClN5O/c1-12-6-4-5-7-17(12)23-21(28)19-14(3)27-20(25-24-19)18(13(2)26-27)15-8-10-16(22)11-9-15/h4-11H,1-3H3,(H,23,28). The van der Waals surface area contributed by atoms with E-state index in [1.807, 2.05) is 69.3 Å². The third kappa shape index (κ3) is 3.12. The van der Waals surface area contributed by atoms with Gasteiger partial charge in [-0.05, 0) is 50.1 Å². The monoisotopic (exact) mass is 391 g/mol. The van der Waals surface area contributed by atoms with Crippen LogP contribution in [0.3, 0.4) is 0 Å². The maximum absolute atomic E-state index is 12.8. The number of fused-ring (bicyclic) bond motifs is 1. The number of carbonyl (C=O) groups excluding carboxylic acids is 1. The van der Waals surface area contributed by atoms with E-state index in [0.717, 1.165) is 28.1 Å². The van der Waals surface area contributed by atoms with E-state index in [0.29, 0.717) is 16.4 Å². The third-order valence-corrected chi connectivity index (χ3v) is 4.93. The van der Waals surface area contributed by atoms with Gasteiger partial charge in [-0.15, -0.1) is 10.2 Å². The van der Waals surface area contributed by atoms with Crippen molar-refractivity contribution in [3.8, 4) is 11.1 Å². The molecule has 1 amide bonds. The molecule has 140 valence electrons. The lowest BCUT2D eigenvalue weighted by molar-refractivity contribution is 0.102. The van der Waals surface area contributed by atoms with Crippen LogP contribution in [0.5, 0.6) is 0 Å². The number of benzene rings is 2. The third-order valence-electron chi connectivity index (χ3n) is 4.68. The van der Waals surface area contributed by atoms with Gasteiger partial charge in [-0.1, -0.05) is 41.9 Å². The minimum atomic E-state index is -0.317. The first-order valence-electron chi connectivity index (χ1n) is 8.81. The van der Waals surface area contributed by atoms with Gasteiger partial charge in [0.1, 0.15) is 0 Å². The fourth-order valence-corrected chi connectivity index (χ4v) is 3.30. The average Bonchev–Trinajstić information content (AvgIpc) is 3.01. The van der Waals surface area contributed by atoms with Crippen molar-refractivity contribution in [2.45, 2.75) is 20.8 Å². The van der Waals surface area contributed by atoms with E-state index < -0.39 is 0 Å². The van der Waals surface area contributed by atoms with Crippen molar-refractivity contribution in [1.29, 1.82) is 0 Å². The first-order chi connectivity index (χ1) is 13.5. The van der Waals surface area contributed by atoms with Crippen LogP contribution < -0.4 is 5.32 Å². The van der Waals surface area contributed by atoms with Gasteiger partial charge < -0.3 is 5.32 Å². The van der Waals surface area contributed by atoms with Gasteiger partial charge in [0.15, 0.2) is 11.3 Å². The Morgan fingerprint density at radius 2 is 1.71 bits per heavy atom. The van der Waals surface area contributed by atoms with Gasteiger partial charge in [-0.25, -0.2) is 4.52 Å². The predicted octanol–water partition coefficient (Wildman–Crippen LogP) is 4.62. The number of aryl methyl sites for hydroxylation is 3. The predicted molar refractivity (Wildman–Crippen MR) is 110 cm³/mol. The van der Waals surface area contributed by atoms with Crippen molar-refractivity contribution in [3.63, 3.8) is 0 Å². The number of amides is 1. The summed E-state index contributed by atoms with van der Waals surface area (Å²) in [7, 11) is 0. The van der Waals surface area contributed by atoms with Crippen LogP contribution in [0, 0.1) is 20.8 Å². The summed E-state index contributed by atoms with van der Waals surface area (Å²) in [4.78, 5) is 12.8. The highest BCUT2D eigenvalue weighted by atomic mass is 35.5. The molecule has 0 fully saturated rings. The second-order valence-electron chi connectivity index (χ2n) is 6.61. The van der Waals surface area contributed by atoms with E-state index in [-0.39, 0.29) is 11.6 Å². The number of halogens is 1. The average molecular weight is 392 g/mol. The highest BCUT2D eigenvalue weighted by Gasteiger charge is 2.20. The summed E-state index contributed by atoms with van der Waals surface area (Å²) < 4.78 is 1.67. The fraction of sp³-hybridized carbons (Fsp3) is 0.143. The Morgan fingerprint density at radius 3 is 2.43 bits per heavy atom. The minimum Gasteiger partial charge on any atom is -0.320 e. The highest BCUT2D eigenvalue weighted by Crippen LogP contribution is 2.28. The summed E-state index contributed by atoms with van der Waals surface area (Å²) in [5.41, 5.74) is 5.80. The van der Waals surface area contributed by atoms with Crippen LogP contribution in [0.1, 0.15) is 27.4 Å². The molecule has 7 heteroatoms. The molecule has 0 radical (unpaired) electrons. The molecule has 4 aromatic rings. The first-order valence-corrected chi connectivity index (χ1v) is 9.19. The summed E-state index contributed by atoms with van der Waals surface area (Å²) >= 11 is 6.00. The van der Waals surface area contributed by atoms with Gasteiger partial charge in [-0.2, -0.15) is 5.10 Å². The molecule has 2 heterocycles. The largest absolute Gasteiger partial charge is 0.320 e. The van der Waals surface area contributed by atoms with E-state index in [2.05, 4.69) is 20.6 Å². The Morgan fingerprint density at radius 1 is 1.00 bits per heavy atom. The lowest BCUT2D eigenvalue weighted by Gasteiger charge is -2.09. The molecule has 0 atom stereocenters. The number of rotatable bonds is 3. The highest BCUT2D eigenvalue weighted by molar-refractivity contribution is 6.30. The number of para-hydroxylation sites is 1. The Balaban J connectivity index is 1.77. The summed E-state index contributed by atoms with van der Waals surface area (Å²) in [5.74, 6) is -0.317. The Labute approximate surface area is 167 Å². The molecule has 0 saturated heterocycles. The number of hydrogen-bond donors (Lipinski definition) is 1. The topological polar surface area (TPSA) is 72.2 Å². The molecule has 0 aliphatic rings. The maximum atomic E-state index is 12.8. The molecular weight excluding hydrogens is 374 g/mol. The first kappa shape index (κ1) is 18.1. The van der Waals surface area contributed by atoms with Crippen LogP contribution >= 0.6 is 11.6 Å². The van der Waals surface area contributed by atoms with Crippen LogP contribution in [0.2, 0.25) is 5.02 Å². The molecule has 1 N–H and O–H groups in total. The van der Waals surface area contributed by atoms with Crippen LogP contribution in [0.4, 0.5) is 5.69 Å². The summed E-state index contributed by atoms with van der Waals surface area (Å²) in [6, 6.07) is 15.1. The van der Waals surface area contributed by atoms with Gasteiger partial charge in [0.25, 0.3) is 5.91 Å². The molecule has 0 spiro atoms. The lowest BCUT2D eigenvalue weighted by Crippen LogP contribution is -2.19. The van der Waals surface area contributed by atoms with Gasteiger partial charge in [0.05, 0.1) is 17.0 Å². The number of carbonyl (C=O) groups is 1. The number of nitrogens with zero attached hydrogens (tertiary/aromatic N) is 4. The van der Waals surface area contributed by atoms with Gasteiger partial charge in [0, 0.05) is 10.7 Å². The normalized spacial score (nSPS) is 11.0. The lowest BCUT2D eigenvalue weighted by atomic mass is 10.1. The van der Waals surface area contributed by atoms with Crippen molar-refractivity contribution >= 4 is 28.8 Å². The van der Waals surface area contributed by atoms with Crippen LogP contribution in [0.25, 0.3) is 16.8 Å². The van der Waals surface area contributed by atoms with E-state index in [1.54, 1.807) is 4.52 Å². The number of hydrogen-bond acceptors (Lipinski definition) is 4. The van der Waals surface area contributed by atoms with Crippen molar-refractivity contribution in [2.75, 3.05) is 5.32 Å². The van der Waals surface area contributed by atoms with Gasteiger partial charge in [0.2, 0.25) is 0 Å². The van der Waals surface area contributed by atoms with E-state index in [9.17, 15) is 4.79 Å². The minimum absolute atomic E-state index is 0.237. The number of anilines is 1. The fourth-order valence-electron chi connectivity index (χ4n) is 3.17. The van der Waals surface area contributed by atoms with Crippen LogP contribution in [-0.2, 0) is 0 Å². The maximum Gasteiger partial charge on any atom is 0.278 e. The number of nitrogens with one attached hydrogen (secondary N) is 1. The second kappa shape index (κ2) is 7.05. The van der Waals surface area contributed by atoms with E-state index in [4.69, 9.17) is 11.6 Å². The number of aromatic nitrogens is 4. The molecule has 4 rings (SSSR count). The molecular formula is C21H18ClN5O. The van der Waals surface area contributed by atoms with E-state index >= 15 is 0 Å². The molecule has 6 nitrogen and oxygen atoms in total. The Hall–Kier alpha value is -3.25. The smallest absolute Gasteiger partial charge is 0.278 e. The zero-order valence-corrected chi connectivity index (χ0v) is 16.4. The van der Waals surface area contributed by atoms with Crippen LogP contribution in [0.15, 0.2) is 48.5 Å². The summed E-state index contributed by atoms with van der Waals surface area (Å²) in [5, 5.41) is 16.6. The summed E-state index contributed by atoms with van der Waals surface area (Å²) in [6.07, 6.45) is 0. The van der Waals surface area contributed by atoms with Gasteiger partial charge in [-0.3, -0.25) is 4.79 Å². The molecule has 2 aromatic carbocycles. The van der Waals surface area contributed by atoms with Crippen molar-refractivity contribution in [2.24, 2.45) is 0 Å². The van der Waals surface area contributed by atoms with Crippen molar-refractivity contribution < 1.29 is 4.79 Å². The SMILES string of the molecule is Cc1ccccc1NC(=O)c1nnc2c(-c3ccc(Cl)cc3)c(C)nn2c1C. The Kier molecular flexibility index (Phi) is 4.57.